The third-order valence-electron chi connectivity index (χ3n) is 3.84. The van der Waals surface area contributed by atoms with E-state index in [1.165, 1.54) is 0 Å². The number of furan rings is 1. The summed E-state index contributed by atoms with van der Waals surface area (Å²) in [4.78, 5) is 18.9. The first-order valence-corrected chi connectivity index (χ1v) is 7.29. The van der Waals surface area contributed by atoms with Crippen LogP contribution in [0.2, 0.25) is 0 Å². The number of rotatable bonds is 4. The number of likely N-dealkylation sites (tertiary alicyclic amines) is 1. The molecule has 2 aromatic rings. The summed E-state index contributed by atoms with van der Waals surface area (Å²) < 4.78 is 15.6. The second-order valence-corrected chi connectivity index (χ2v) is 5.44. The molecule has 1 fully saturated rings. The monoisotopic (exact) mass is 305 g/mol. The molecule has 1 atom stereocenters. The van der Waals surface area contributed by atoms with Crippen LogP contribution >= 0.6 is 0 Å². The molecule has 0 aromatic carbocycles. The molecule has 1 amide bonds. The van der Waals surface area contributed by atoms with E-state index in [1.54, 1.807) is 31.9 Å². The molecule has 7 heteroatoms. The summed E-state index contributed by atoms with van der Waals surface area (Å²) in [5, 5.41) is 3.96. The van der Waals surface area contributed by atoms with Gasteiger partial charge in [0, 0.05) is 20.6 Å². The highest BCUT2D eigenvalue weighted by Gasteiger charge is 2.35. The van der Waals surface area contributed by atoms with E-state index in [9.17, 15) is 4.79 Å². The van der Waals surface area contributed by atoms with Crippen molar-refractivity contribution in [3.8, 4) is 0 Å². The lowest BCUT2D eigenvalue weighted by atomic mass is 10.1. The van der Waals surface area contributed by atoms with Gasteiger partial charge in [-0.3, -0.25) is 4.79 Å². The van der Waals surface area contributed by atoms with E-state index in [0.717, 1.165) is 12.8 Å². The maximum atomic E-state index is 12.8. The van der Waals surface area contributed by atoms with Crippen molar-refractivity contribution in [2.75, 3.05) is 13.7 Å². The van der Waals surface area contributed by atoms with Gasteiger partial charge in [-0.25, -0.2) is 0 Å². The predicted molar refractivity (Wildman–Crippen MR) is 76.2 cm³/mol. The van der Waals surface area contributed by atoms with Crippen LogP contribution in [0.4, 0.5) is 0 Å². The molecule has 0 aliphatic carbocycles. The number of nitrogens with zero attached hydrogens (tertiary/aromatic N) is 3. The van der Waals surface area contributed by atoms with E-state index in [1.807, 2.05) is 0 Å². The lowest BCUT2D eigenvalue weighted by Gasteiger charge is -2.21. The molecule has 1 saturated heterocycles. The van der Waals surface area contributed by atoms with Gasteiger partial charge in [-0.15, -0.1) is 0 Å². The number of hydrogen-bond acceptors (Lipinski definition) is 6. The van der Waals surface area contributed by atoms with Gasteiger partial charge in [0.1, 0.15) is 18.1 Å². The maximum absolute atomic E-state index is 12.8. The van der Waals surface area contributed by atoms with Gasteiger partial charge >= 0.3 is 0 Å². The minimum atomic E-state index is -0.134. The molecule has 0 bridgehead atoms. The number of aryl methyl sites for hydroxylation is 2. The lowest BCUT2D eigenvalue weighted by Crippen LogP contribution is -2.31. The van der Waals surface area contributed by atoms with Crippen molar-refractivity contribution in [3.63, 3.8) is 0 Å². The normalized spacial score (nSPS) is 18.1. The summed E-state index contributed by atoms with van der Waals surface area (Å²) in [7, 11) is 1.59. The molecule has 2 aromatic heterocycles. The zero-order valence-electron chi connectivity index (χ0n) is 13.0. The molecule has 0 unspecified atom stereocenters. The fourth-order valence-corrected chi connectivity index (χ4v) is 2.85. The van der Waals surface area contributed by atoms with Crippen molar-refractivity contribution in [1.29, 1.82) is 0 Å². The topological polar surface area (TPSA) is 81.6 Å². The summed E-state index contributed by atoms with van der Waals surface area (Å²) in [6, 6.07) is 1.61. The molecular weight excluding hydrogens is 286 g/mol. The number of amides is 1. The highest BCUT2D eigenvalue weighted by atomic mass is 16.5. The number of ether oxygens (including phenoxy) is 1. The Morgan fingerprint density at radius 1 is 1.50 bits per heavy atom. The van der Waals surface area contributed by atoms with Gasteiger partial charge in [-0.05, 0) is 25.8 Å². The van der Waals surface area contributed by atoms with Gasteiger partial charge in [0.15, 0.2) is 5.82 Å². The molecular formula is C15H19N3O4. The number of aromatic nitrogens is 2. The minimum absolute atomic E-state index is 0.0615. The first-order chi connectivity index (χ1) is 10.6. The Labute approximate surface area is 128 Å². The molecule has 7 nitrogen and oxygen atoms in total. The average Bonchev–Trinajstić information content (AvgIpc) is 3.18. The van der Waals surface area contributed by atoms with E-state index in [-0.39, 0.29) is 11.9 Å². The molecule has 0 saturated carbocycles. The predicted octanol–water partition coefficient (Wildman–Crippen LogP) is 2.40. The Balaban J connectivity index is 1.84. The third kappa shape index (κ3) is 2.64. The molecule has 22 heavy (non-hydrogen) atoms. The molecule has 3 heterocycles. The largest absolute Gasteiger partial charge is 0.463 e. The molecule has 1 aliphatic rings. The fourth-order valence-electron chi connectivity index (χ4n) is 2.85. The summed E-state index contributed by atoms with van der Waals surface area (Å²) >= 11 is 0. The van der Waals surface area contributed by atoms with Crippen molar-refractivity contribution < 1.29 is 18.5 Å². The van der Waals surface area contributed by atoms with Crippen molar-refractivity contribution >= 4 is 5.91 Å². The zero-order valence-corrected chi connectivity index (χ0v) is 13.0. The van der Waals surface area contributed by atoms with Gasteiger partial charge in [-0.2, -0.15) is 4.98 Å². The second-order valence-electron chi connectivity index (χ2n) is 5.44. The first-order valence-electron chi connectivity index (χ1n) is 7.29. The van der Waals surface area contributed by atoms with Crippen molar-refractivity contribution in [2.24, 2.45) is 0 Å². The Bertz CT molecular complexity index is 676. The van der Waals surface area contributed by atoms with Crippen LogP contribution in [0.3, 0.4) is 0 Å². The van der Waals surface area contributed by atoms with Crippen molar-refractivity contribution in [1.82, 2.24) is 15.0 Å². The van der Waals surface area contributed by atoms with Crippen molar-refractivity contribution in [2.45, 2.75) is 39.3 Å². The second kappa shape index (κ2) is 5.92. The van der Waals surface area contributed by atoms with Crippen LogP contribution in [0.15, 0.2) is 15.0 Å². The summed E-state index contributed by atoms with van der Waals surface area (Å²) in [5.74, 6) is 2.27. The van der Waals surface area contributed by atoms with Gasteiger partial charge in [-0.1, -0.05) is 5.16 Å². The molecule has 1 aliphatic heterocycles. The van der Waals surface area contributed by atoms with Crippen LogP contribution in [-0.2, 0) is 11.3 Å². The number of methoxy groups -OCH3 is 1. The van der Waals surface area contributed by atoms with E-state index in [0.29, 0.717) is 42.0 Å². The van der Waals surface area contributed by atoms with Crippen LogP contribution in [0.25, 0.3) is 0 Å². The van der Waals surface area contributed by atoms with E-state index in [2.05, 4.69) is 10.1 Å². The van der Waals surface area contributed by atoms with Crippen LogP contribution < -0.4 is 0 Å². The smallest absolute Gasteiger partial charge is 0.258 e. The van der Waals surface area contributed by atoms with Gasteiger partial charge < -0.3 is 18.6 Å². The highest BCUT2D eigenvalue weighted by molar-refractivity contribution is 5.95. The molecule has 0 radical (unpaired) electrons. The summed E-state index contributed by atoms with van der Waals surface area (Å²) in [6.07, 6.45) is 1.76. The number of carbonyl (C=O) groups is 1. The Hall–Kier alpha value is -2.15. The first kappa shape index (κ1) is 14.8. The van der Waals surface area contributed by atoms with Crippen LogP contribution in [0.1, 0.15) is 52.5 Å². The van der Waals surface area contributed by atoms with Gasteiger partial charge in [0.05, 0.1) is 11.6 Å². The Morgan fingerprint density at radius 2 is 2.32 bits per heavy atom. The number of hydrogen-bond donors (Lipinski definition) is 0. The molecule has 118 valence electrons. The Kier molecular flexibility index (Phi) is 3.98. The SMILES string of the molecule is COCc1cc(C(=O)N2CCC[C@@H]2c2noc(C)n2)c(C)o1. The van der Waals surface area contributed by atoms with Gasteiger partial charge in [0.25, 0.3) is 5.91 Å². The quantitative estimate of drug-likeness (QED) is 0.862. The van der Waals surface area contributed by atoms with E-state index < -0.39 is 0 Å². The van der Waals surface area contributed by atoms with Crippen LogP contribution in [-0.4, -0.2) is 34.6 Å². The molecule has 0 N–H and O–H groups in total. The van der Waals surface area contributed by atoms with E-state index in [4.69, 9.17) is 13.7 Å². The number of carbonyl (C=O) groups excluding carboxylic acids is 1. The van der Waals surface area contributed by atoms with Crippen LogP contribution in [0.5, 0.6) is 0 Å². The van der Waals surface area contributed by atoms with Gasteiger partial charge in [0.2, 0.25) is 5.89 Å². The fraction of sp³-hybridized carbons (Fsp3) is 0.533. The Morgan fingerprint density at radius 3 is 3.00 bits per heavy atom. The molecule has 0 spiro atoms. The minimum Gasteiger partial charge on any atom is -0.463 e. The highest BCUT2D eigenvalue weighted by Crippen LogP contribution is 2.32. The average molecular weight is 305 g/mol. The van der Waals surface area contributed by atoms with Crippen LogP contribution in [0, 0.1) is 13.8 Å². The van der Waals surface area contributed by atoms with Crippen molar-refractivity contribution in [3.05, 3.63) is 34.9 Å². The summed E-state index contributed by atoms with van der Waals surface area (Å²) in [5.41, 5.74) is 0.569. The lowest BCUT2D eigenvalue weighted by molar-refractivity contribution is 0.0726. The maximum Gasteiger partial charge on any atom is 0.258 e. The molecule has 3 rings (SSSR count). The summed E-state index contributed by atoms with van der Waals surface area (Å²) in [6.45, 7) is 4.56. The zero-order chi connectivity index (χ0) is 15.7. The van der Waals surface area contributed by atoms with E-state index >= 15 is 0 Å². The third-order valence-corrected chi connectivity index (χ3v) is 3.84. The standard InChI is InChI=1S/C15H19N3O4/c1-9-12(7-11(21-9)8-20-3)15(19)18-6-4-5-13(18)14-16-10(2)22-17-14/h7,13H,4-6,8H2,1-3H3/t13-/m1/s1.